The minimum absolute atomic E-state index is 0.0140. The molecule has 83 valence electrons. The third kappa shape index (κ3) is 3.52. The first-order valence-corrected chi connectivity index (χ1v) is 6.94. The largest absolute Gasteiger partial charge is 0.304 e. The minimum atomic E-state index is -1.12. The lowest BCUT2D eigenvalue weighted by molar-refractivity contribution is -0.0349. The molecule has 1 N–H and O–H groups in total. The molecule has 3 nitrogen and oxygen atoms in total. The summed E-state index contributed by atoms with van der Waals surface area (Å²) in [5.41, 5.74) is 0.00963. The van der Waals surface area contributed by atoms with Crippen molar-refractivity contribution in [3.8, 4) is 0 Å². The molecule has 0 aliphatic carbocycles. The third-order valence-electron chi connectivity index (χ3n) is 2.01. The van der Waals surface area contributed by atoms with Gasteiger partial charge in [0.2, 0.25) is 7.15 Å². The van der Waals surface area contributed by atoms with Crippen LogP contribution in [0.5, 0.6) is 0 Å². The van der Waals surface area contributed by atoms with E-state index in [1.165, 1.54) is 0 Å². The molecule has 0 aromatic carbocycles. The highest BCUT2D eigenvalue weighted by Gasteiger charge is 2.38. The molecule has 0 bridgehead atoms. The van der Waals surface area contributed by atoms with Gasteiger partial charge in [-0.1, -0.05) is 13.8 Å². The van der Waals surface area contributed by atoms with Gasteiger partial charge in [-0.25, -0.2) is 0 Å². The van der Waals surface area contributed by atoms with Crippen LogP contribution in [0.3, 0.4) is 0 Å². The van der Waals surface area contributed by atoms with Crippen LogP contribution in [0, 0.1) is 5.41 Å². The van der Waals surface area contributed by atoms with Gasteiger partial charge >= 0.3 is 0 Å². The Hall–Kier alpha value is 0.400. The fourth-order valence-electron chi connectivity index (χ4n) is 1.17. The van der Waals surface area contributed by atoms with Gasteiger partial charge in [-0.05, 0) is 32.6 Å². The topological polar surface area (TPSA) is 30.5 Å². The van der Waals surface area contributed by atoms with Crippen molar-refractivity contribution in [2.45, 2.75) is 46.4 Å². The molecular formula is C9H19NO2PS. The van der Waals surface area contributed by atoms with E-state index in [9.17, 15) is 0 Å². The van der Waals surface area contributed by atoms with Gasteiger partial charge in [0, 0.05) is 11.0 Å². The molecule has 14 heavy (non-hydrogen) atoms. The Kier molecular flexibility index (Phi) is 3.66. The van der Waals surface area contributed by atoms with Crippen molar-refractivity contribution in [2.24, 2.45) is 5.41 Å². The van der Waals surface area contributed by atoms with Gasteiger partial charge in [0.05, 0.1) is 6.61 Å². The van der Waals surface area contributed by atoms with Gasteiger partial charge in [0.1, 0.15) is 6.23 Å². The Morgan fingerprint density at radius 3 is 2.50 bits per heavy atom. The summed E-state index contributed by atoms with van der Waals surface area (Å²) in [6.45, 7) is 11.3. The first kappa shape index (κ1) is 12.5. The lowest BCUT2D eigenvalue weighted by atomic mass is 9.91. The summed E-state index contributed by atoms with van der Waals surface area (Å²) in [7, 11) is -1.12. The predicted octanol–water partition coefficient (Wildman–Crippen LogP) is 2.55. The Bertz CT molecular complexity index is 237. The quantitative estimate of drug-likeness (QED) is 0.709. The van der Waals surface area contributed by atoms with Crippen LogP contribution in [0.25, 0.3) is 0 Å². The maximum Gasteiger partial charge on any atom is 0.203 e. The van der Waals surface area contributed by atoms with E-state index in [0.29, 0.717) is 6.61 Å². The smallest absolute Gasteiger partial charge is 0.203 e. The highest BCUT2D eigenvalue weighted by atomic mass is 32.4. The van der Waals surface area contributed by atoms with Crippen molar-refractivity contribution >= 4 is 19.0 Å². The first-order chi connectivity index (χ1) is 6.21. The molecule has 0 spiro atoms. The number of hydrogen-bond acceptors (Lipinski definition) is 4. The summed E-state index contributed by atoms with van der Waals surface area (Å²) in [6, 6.07) is 0. The Labute approximate surface area is 92.1 Å². The van der Waals surface area contributed by atoms with Crippen LogP contribution < -0.4 is 5.32 Å². The minimum Gasteiger partial charge on any atom is -0.304 e. The van der Waals surface area contributed by atoms with E-state index in [4.69, 9.17) is 20.9 Å². The van der Waals surface area contributed by atoms with Crippen LogP contribution in [0.2, 0.25) is 0 Å². The molecule has 1 radical (unpaired) electrons. The normalized spacial score (nSPS) is 30.4. The third-order valence-corrected chi connectivity index (χ3v) is 3.30. The molecule has 1 saturated heterocycles. The van der Waals surface area contributed by atoms with Crippen molar-refractivity contribution in [1.29, 1.82) is 0 Å². The summed E-state index contributed by atoms with van der Waals surface area (Å²) in [4.78, 5) is 0. The lowest BCUT2D eigenvalue weighted by Gasteiger charge is -2.41. The molecule has 5 heteroatoms. The predicted molar refractivity (Wildman–Crippen MR) is 61.8 cm³/mol. The Balaban J connectivity index is 2.68. The molecule has 1 heterocycles. The number of hydrogen-bond donors (Lipinski definition) is 1. The highest BCUT2D eigenvalue weighted by Crippen LogP contribution is 2.41. The molecule has 2 atom stereocenters. The molecule has 0 amide bonds. The summed E-state index contributed by atoms with van der Waals surface area (Å²) >= 11 is 5.04. The van der Waals surface area contributed by atoms with Gasteiger partial charge in [-0.3, -0.25) is 9.84 Å². The molecule has 1 aliphatic heterocycles. The van der Waals surface area contributed by atoms with Gasteiger partial charge in [0.25, 0.3) is 0 Å². The van der Waals surface area contributed by atoms with E-state index in [0.717, 1.165) is 0 Å². The van der Waals surface area contributed by atoms with E-state index < -0.39 is 7.15 Å². The van der Waals surface area contributed by atoms with Crippen LogP contribution >= 0.6 is 7.15 Å². The molecule has 0 saturated carbocycles. The Morgan fingerprint density at radius 2 is 2.00 bits per heavy atom. The van der Waals surface area contributed by atoms with Crippen molar-refractivity contribution in [1.82, 2.24) is 5.32 Å². The molecule has 0 aromatic rings. The second-order valence-electron chi connectivity index (χ2n) is 5.37. The second kappa shape index (κ2) is 4.11. The van der Waals surface area contributed by atoms with Gasteiger partial charge in [0.15, 0.2) is 0 Å². The SMILES string of the molecule is CC(C)(C)NC1O[P](=S)OCC1(C)C. The van der Waals surface area contributed by atoms with Gasteiger partial charge < -0.3 is 4.52 Å². The van der Waals surface area contributed by atoms with Gasteiger partial charge in [-0.15, -0.1) is 0 Å². The fourth-order valence-corrected chi connectivity index (χ4v) is 2.59. The van der Waals surface area contributed by atoms with E-state index in [-0.39, 0.29) is 17.2 Å². The van der Waals surface area contributed by atoms with Crippen molar-refractivity contribution in [2.75, 3.05) is 6.61 Å². The van der Waals surface area contributed by atoms with Crippen LogP contribution in [0.1, 0.15) is 34.6 Å². The van der Waals surface area contributed by atoms with E-state index in [1.54, 1.807) is 0 Å². The number of rotatable bonds is 1. The average molecular weight is 236 g/mol. The van der Waals surface area contributed by atoms with Crippen molar-refractivity contribution in [3.63, 3.8) is 0 Å². The van der Waals surface area contributed by atoms with Crippen LogP contribution in [-0.4, -0.2) is 18.4 Å². The zero-order chi connectivity index (χ0) is 11.0. The highest BCUT2D eigenvalue weighted by molar-refractivity contribution is 8.00. The molecule has 1 aliphatic rings. The van der Waals surface area contributed by atoms with Gasteiger partial charge in [-0.2, -0.15) is 0 Å². The van der Waals surface area contributed by atoms with Crippen LogP contribution in [-0.2, 0) is 20.9 Å². The zero-order valence-corrected chi connectivity index (χ0v) is 11.2. The van der Waals surface area contributed by atoms with E-state index in [2.05, 4.69) is 39.9 Å². The molecular weight excluding hydrogens is 217 g/mol. The van der Waals surface area contributed by atoms with Crippen molar-refractivity contribution in [3.05, 3.63) is 0 Å². The summed E-state index contributed by atoms with van der Waals surface area (Å²) < 4.78 is 11.0. The molecule has 0 aromatic heterocycles. The maximum absolute atomic E-state index is 5.62. The first-order valence-electron chi connectivity index (χ1n) is 4.75. The average Bonchev–Trinajstić information content (AvgIpc) is 1.95. The monoisotopic (exact) mass is 236 g/mol. The molecule has 1 rings (SSSR count). The van der Waals surface area contributed by atoms with Crippen LogP contribution in [0.4, 0.5) is 0 Å². The van der Waals surface area contributed by atoms with Crippen molar-refractivity contribution < 1.29 is 9.05 Å². The lowest BCUT2D eigenvalue weighted by Crippen LogP contribution is -2.54. The standard InChI is InChI=1S/C9H19NO2PS/c1-8(2,3)10-7-9(4,5)6-11-13(14)12-7/h7,10H,6H2,1-5H3. The summed E-state index contributed by atoms with van der Waals surface area (Å²) in [6.07, 6.45) is -0.0140. The fraction of sp³-hybridized carbons (Fsp3) is 1.00. The number of nitrogens with one attached hydrogen (secondary N) is 1. The molecule has 2 unspecified atom stereocenters. The Morgan fingerprint density at radius 1 is 1.43 bits per heavy atom. The summed E-state index contributed by atoms with van der Waals surface area (Å²) in [5, 5.41) is 3.43. The maximum atomic E-state index is 5.62. The summed E-state index contributed by atoms with van der Waals surface area (Å²) in [5.74, 6) is 0. The zero-order valence-electron chi connectivity index (χ0n) is 9.46. The molecule has 1 fully saturated rings. The second-order valence-corrected chi connectivity index (χ2v) is 7.18. The van der Waals surface area contributed by atoms with Crippen LogP contribution in [0.15, 0.2) is 0 Å². The van der Waals surface area contributed by atoms with E-state index >= 15 is 0 Å². The van der Waals surface area contributed by atoms with E-state index in [1.807, 2.05) is 0 Å².